The second-order valence-electron chi connectivity index (χ2n) is 6.70. The molecule has 1 aromatic carbocycles. The van der Waals surface area contributed by atoms with Crippen LogP contribution in [-0.2, 0) is 28.7 Å². The van der Waals surface area contributed by atoms with Crippen LogP contribution < -0.4 is 10.2 Å². The van der Waals surface area contributed by atoms with Gasteiger partial charge in [0, 0.05) is 12.8 Å². The first-order valence-electron chi connectivity index (χ1n) is 9.28. The largest absolute Gasteiger partial charge is 0.467 e. The molecule has 2 rings (SSSR count). The fourth-order valence-electron chi connectivity index (χ4n) is 2.84. The number of carbonyl (C=O) groups excluding carboxylic acids is 5. The summed E-state index contributed by atoms with van der Waals surface area (Å²) in [6.07, 6.45) is 0.982. The Balaban J connectivity index is 1.93. The van der Waals surface area contributed by atoms with Crippen LogP contribution in [0.25, 0.3) is 0 Å². The van der Waals surface area contributed by atoms with Gasteiger partial charge < -0.3 is 14.8 Å². The van der Waals surface area contributed by atoms with E-state index in [2.05, 4.69) is 10.1 Å². The third-order valence-electron chi connectivity index (χ3n) is 4.73. The van der Waals surface area contributed by atoms with Crippen molar-refractivity contribution in [3.8, 4) is 0 Å². The summed E-state index contributed by atoms with van der Waals surface area (Å²) in [4.78, 5) is 60.5. The van der Waals surface area contributed by atoms with Crippen LogP contribution in [0.3, 0.4) is 0 Å². The number of benzene rings is 1. The maximum atomic E-state index is 12.1. The van der Waals surface area contributed by atoms with Crippen LogP contribution in [0.15, 0.2) is 24.3 Å². The van der Waals surface area contributed by atoms with Gasteiger partial charge in [-0.3, -0.25) is 19.3 Å². The zero-order chi connectivity index (χ0) is 21.6. The summed E-state index contributed by atoms with van der Waals surface area (Å²) in [5, 5.41) is 2.51. The molecular weight excluding hydrogens is 380 g/mol. The number of nitrogens with zero attached hydrogens (tertiary/aromatic N) is 1. The van der Waals surface area contributed by atoms with Gasteiger partial charge in [0.2, 0.25) is 11.8 Å². The predicted molar refractivity (Wildman–Crippen MR) is 102 cm³/mol. The number of hydrogen-bond acceptors (Lipinski definition) is 7. The van der Waals surface area contributed by atoms with E-state index in [1.165, 1.54) is 31.4 Å². The Labute approximate surface area is 168 Å². The molecule has 1 aliphatic heterocycles. The van der Waals surface area contributed by atoms with Crippen molar-refractivity contribution in [3.63, 3.8) is 0 Å². The molecule has 1 heterocycles. The maximum absolute atomic E-state index is 12.1. The van der Waals surface area contributed by atoms with E-state index in [-0.39, 0.29) is 36.1 Å². The standard InChI is InChI=1S/C20H24N2O7/c1-4-12(2)18(20(27)28-3)21-15(23)11-29-19(26)13-5-7-14(8-6-13)22-16(24)9-10-17(22)25/h5-8,12,18H,4,9-11H2,1-3H3,(H,21,23)/t12-,18-/m1/s1. The summed E-state index contributed by atoms with van der Waals surface area (Å²) in [5.41, 5.74) is 0.536. The number of hydrogen-bond donors (Lipinski definition) is 1. The lowest BCUT2D eigenvalue weighted by Gasteiger charge is -2.21. The van der Waals surface area contributed by atoms with E-state index >= 15 is 0 Å². The van der Waals surface area contributed by atoms with Crippen LogP contribution in [0.2, 0.25) is 0 Å². The number of amides is 3. The Kier molecular flexibility index (Phi) is 7.46. The average Bonchev–Trinajstić information content (AvgIpc) is 3.07. The molecule has 2 atom stereocenters. The molecule has 0 unspecified atom stereocenters. The van der Waals surface area contributed by atoms with Gasteiger partial charge in [0.25, 0.3) is 5.91 Å². The molecular formula is C20H24N2O7. The number of nitrogens with one attached hydrogen (secondary N) is 1. The van der Waals surface area contributed by atoms with Crippen molar-refractivity contribution in [2.75, 3.05) is 18.6 Å². The molecule has 9 nitrogen and oxygen atoms in total. The Morgan fingerprint density at radius 1 is 1.10 bits per heavy atom. The molecule has 156 valence electrons. The molecule has 1 N–H and O–H groups in total. The first-order chi connectivity index (χ1) is 13.8. The predicted octanol–water partition coefficient (Wildman–Crippen LogP) is 1.20. The summed E-state index contributed by atoms with van der Waals surface area (Å²) in [6.45, 7) is 3.11. The first-order valence-corrected chi connectivity index (χ1v) is 9.28. The Hall–Kier alpha value is -3.23. The normalized spacial score (nSPS) is 15.6. The van der Waals surface area contributed by atoms with Crippen molar-refractivity contribution >= 4 is 35.3 Å². The van der Waals surface area contributed by atoms with Gasteiger partial charge in [0.05, 0.1) is 18.4 Å². The second-order valence-corrected chi connectivity index (χ2v) is 6.70. The van der Waals surface area contributed by atoms with E-state index in [9.17, 15) is 24.0 Å². The van der Waals surface area contributed by atoms with Gasteiger partial charge in [-0.15, -0.1) is 0 Å². The van der Waals surface area contributed by atoms with Crippen LogP contribution >= 0.6 is 0 Å². The van der Waals surface area contributed by atoms with Crippen molar-refractivity contribution in [2.24, 2.45) is 5.92 Å². The average molecular weight is 404 g/mol. The minimum atomic E-state index is -0.828. The Morgan fingerprint density at radius 3 is 2.21 bits per heavy atom. The molecule has 1 saturated heterocycles. The molecule has 1 aliphatic rings. The summed E-state index contributed by atoms with van der Waals surface area (Å²) >= 11 is 0. The molecule has 0 aromatic heterocycles. The lowest BCUT2D eigenvalue weighted by Crippen LogP contribution is -2.47. The third kappa shape index (κ3) is 5.40. The fraction of sp³-hybridized carbons (Fsp3) is 0.450. The molecule has 0 saturated carbocycles. The van der Waals surface area contributed by atoms with Gasteiger partial charge >= 0.3 is 11.9 Å². The van der Waals surface area contributed by atoms with Gasteiger partial charge in [0.15, 0.2) is 6.61 Å². The van der Waals surface area contributed by atoms with E-state index < -0.39 is 30.5 Å². The number of rotatable bonds is 8. The monoisotopic (exact) mass is 404 g/mol. The zero-order valence-corrected chi connectivity index (χ0v) is 16.6. The summed E-state index contributed by atoms with van der Waals surface area (Å²) in [5.74, 6) is -2.67. The maximum Gasteiger partial charge on any atom is 0.338 e. The lowest BCUT2D eigenvalue weighted by atomic mass is 9.99. The highest BCUT2D eigenvalue weighted by molar-refractivity contribution is 6.19. The van der Waals surface area contributed by atoms with Crippen molar-refractivity contribution < 1.29 is 33.4 Å². The van der Waals surface area contributed by atoms with E-state index in [0.717, 1.165) is 4.90 Å². The number of carbonyl (C=O) groups is 5. The van der Waals surface area contributed by atoms with Crippen molar-refractivity contribution in [3.05, 3.63) is 29.8 Å². The molecule has 1 fully saturated rings. The summed E-state index contributed by atoms with van der Waals surface area (Å²) in [6, 6.07) is 4.92. The first kappa shape index (κ1) is 22.1. The van der Waals surface area contributed by atoms with Gasteiger partial charge in [-0.2, -0.15) is 0 Å². The highest BCUT2D eigenvalue weighted by Gasteiger charge is 2.30. The highest BCUT2D eigenvalue weighted by Crippen LogP contribution is 2.23. The van der Waals surface area contributed by atoms with Gasteiger partial charge in [-0.05, 0) is 30.2 Å². The number of anilines is 1. The Bertz CT molecular complexity index is 788. The molecule has 9 heteroatoms. The van der Waals surface area contributed by atoms with Gasteiger partial charge in [0.1, 0.15) is 6.04 Å². The van der Waals surface area contributed by atoms with Gasteiger partial charge in [-0.25, -0.2) is 9.59 Å². The zero-order valence-electron chi connectivity index (χ0n) is 16.6. The van der Waals surface area contributed by atoms with Crippen LogP contribution in [0.1, 0.15) is 43.5 Å². The molecule has 0 radical (unpaired) electrons. The Morgan fingerprint density at radius 2 is 1.69 bits per heavy atom. The minimum Gasteiger partial charge on any atom is -0.467 e. The molecule has 3 amide bonds. The van der Waals surface area contributed by atoms with Crippen LogP contribution in [-0.4, -0.2) is 49.4 Å². The molecule has 0 bridgehead atoms. The van der Waals surface area contributed by atoms with Crippen molar-refractivity contribution in [1.82, 2.24) is 5.32 Å². The number of imide groups is 1. The van der Waals surface area contributed by atoms with Crippen LogP contribution in [0.5, 0.6) is 0 Å². The minimum absolute atomic E-state index is 0.148. The molecule has 0 spiro atoms. The van der Waals surface area contributed by atoms with Crippen LogP contribution in [0.4, 0.5) is 5.69 Å². The van der Waals surface area contributed by atoms with E-state index in [1.807, 2.05) is 6.92 Å². The third-order valence-corrected chi connectivity index (χ3v) is 4.73. The van der Waals surface area contributed by atoms with Gasteiger partial charge in [-0.1, -0.05) is 20.3 Å². The highest BCUT2D eigenvalue weighted by atomic mass is 16.5. The van der Waals surface area contributed by atoms with Crippen molar-refractivity contribution in [2.45, 2.75) is 39.2 Å². The quantitative estimate of drug-likeness (QED) is 0.511. The summed E-state index contributed by atoms with van der Waals surface area (Å²) in [7, 11) is 1.23. The van der Waals surface area contributed by atoms with E-state index in [0.29, 0.717) is 12.1 Å². The topological polar surface area (TPSA) is 119 Å². The SMILES string of the molecule is CC[C@@H](C)[C@@H](NC(=O)COC(=O)c1ccc(N2C(=O)CCC2=O)cc1)C(=O)OC. The van der Waals surface area contributed by atoms with Crippen LogP contribution in [0, 0.1) is 5.92 Å². The number of esters is 2. The second kappa shape index (κ2) is 9.81. The summed E-state index contributed by atoms with van der Waals surface area (Å²) < 4.78 is 9.66. The van der Waals surface area contributed by atoms with Crippen molar-refractivity contribution in [1.29, 1.82) is 0 Å². The number of ether oxygens (including phenoxy) is 2. The van der Waals surface area contributed by atoms with E-state index in [4.69, 9.17) is 4.74 Å². The lowest BCUT2D eigenvalue weighted by molar-refractivity contribution is -0.147. The molecule has 0 aliphatic carbocycles. The smallest absolute Gasteiger partial charge is 0.338 e. The van der Waals surface area contributed by atoms with E-state index in [1.54, 1.807) is 6.92 Å². The molecule has 29 heavy (non-hydrogen) atoms. The fourth-order valence-corrected chi connectivity index (χ4v) is 2.84. The number of methoxy groups -OCH3 is 1. The molecule has 1 aromatic rings.